The Morgan fingerprint density at radius 3 is 2.44 bits per heavy atom. The lowest BCUT2D eigenvalue weighted by Gasteiger charge is -2.28. The normalized spacial score (nSPS) is 11.6. The van der Waals surface area contributed by atoms with Crippen molar-refractivity contribution in [2.24, 2.45) is 0 Å². The summed E-state index contributed by atoms with van der Waals surface area (Å²) < 4.78 is 42.8. The van der Waals surface area contributed by atoms with E-state index in [-0.39, 0.29) is 18.9 Å². The number of rotatable bonds is 6. The average molecular weight is 363 g/mol. The molecule has 140 valence electrons. The van der Waals surface area contributed by atoms with Gasteiger partial charge in [0.1, 0.15) is 11.2 Å². The summed E-state index contributed by atoms with van der Waals surface area (Å²) in [7, 11) is 0. The number of nitrogens with one attached hydrogen (secondary N) is 1. The maximum absolute atomic E-state index is 12.7. The first-order valence-electron chi connectivity index (χ1n) is 7.49. The molecule has 1 N–H and O–H groups in total. The molecule has 10 heteroatoms. The summed E-state index contributed by atoms with van der Waals surface area (Å²) in [6.07, 6.45) is -3.71. The van der Waals surface area contributed by atoms with Gasteiger partial charge in [0.05, 0.1) is 13.2 Å². The lowest BCUT2D eigenvalue weighted by molar-refractivity contribution is -0.149. The first-order chi connectivity index (χ1) is 11.5. The number of urea groups is 1. The van der Waals surface area contributed by atoms with E-state index in [1.165, 1.54) is 19.9 Å². The SMILES string of the molecule is CCOC(=O)C(C)(C)NC(=O)N(CC)Oc1ccnc(C(F)(F)F)c1. The minimum Gasteiger partial charge on any atom is -0.464 e. The maximum Gasteiger partial charge on any atom is 0.433 e. The lowest BCUT2D eigenvalue weighted by Crippen LogP contribution is -2.55. The number of esters is 1. The average Bonchev–Trinajstić information content (AvgIpc) is 2.51. The summed E-state index contributed by atoms with van der Waals surface area (Å²) >= 11 is 0. The molecule has 1 rings (SSSR count). The van der Waals surface area contributed by atoms with Gasteiger partial charge >= 0.3 is 18.2 Å². The fourth-order valence-corrected chi connectivity index (χ4v) is 1.69. The Morgan fingerprint density at radius 2 is 1.92 bits per heavy atom. The molecule has 0 aliphatic carbocycles. The smallest absolute Gasteiger partial charge is 0.433 e. The van der Waals surface area contributed by atoms with Crippen LogP contribution in [-0.4, -0.2) is 40.7 Å². The van der Waals surface area contributed by atoms with Gasteiger partial charge in [-0.15, -0.1) is 0 Å². The number of alkyl halides is 3. The maximum atomic E-state index is 12.7. The Bertz CT molecular complexity index is 620. The van der Waals surface area contributed by atoms with Crippen molar-refractivity contribution in [3.05, 3.63) is 24.0 Å². The fraction of sp³-hybridized carbons (Fsp3) is 0.533. The van der Waals surface area contributed by atoms with Gasteiger partial charge in [-0.05, 0) is 27.7 Å². The van der Waals surface area contributed by atoms with Crippen molar-refractivity contribution in [3.8, 4) is 5.75 Å². The molecule has 1 aromatic rings. The van der Waals surface area contributed by atoms with Crippen molar-refractivity contribution in [1.29, 1.82) is 0 Å². The molecule has 0 fully saturated rings. The van der Waals surface area contributed by atoms with Crippen LogP contribution in [0.1, 0.15) is 33.4 Å². The van der Waals surface area contributed by atoms with Crippen LogP contribution >= 0.6 is 0 Å². The summed E-state index contributed by atoms with van der Waals surface area (Å²) in [5, 5.41) is 3.19. The Morgan fingerprint density at radius 1 is 1.28 bits per heavy atom. The number of carbonyl (C=O) groups is 2. The number of amides is 2. The minimum absolute atomic E-state index is 0.0222. The summed E-state index contributed by atoms with van der Waals surface area (Å²) in [4.78, 5) is 32.4. The number of aromatic nitrogens is 1. The van der Waals surface area contributed by atoms with E-state index in [1.807, 2.05) is 0 Å². The Hall–Kier alpha value is -2.52. The highest BCUT2D eigenvalue weighted by Gasteiger charge is 2.34. The second-order valence-electron chi connectivity index (χ2n) is 5.44. The monoisotopic (exact) mass is 363 g/mol. The van der Waals surface area contributed by atoms with Crippen LogP contribution in [0.2, 0.25) is 0 Å². The third-order valence-electron chi connectivity index (χ3n) is 2.96. The molecule has 0 aromatic carbocycles. The molecule has 0 spiro atoms. The van der Waals surface area contributed by atoms with Crippen molar-refractivity contribution in [2.75, 3.05) is 13.2 Å². The molecule has 0 aliphatic rings. The van der Waals surface area contributed by atoms with Crippen LogP contribution in [0.25, 0.3) is 0 Å². The summed E-state index contributed by atoms with van der Waals surface area (Å²) in [5.74, 6) is -0.865. The molecule has 0 saturated carbocycles. The number of hydrogen-bond acceptors (Lipinski definition) is 5. The first kappa shape index (κ1) is 20.5. The molecular weight excluding hydrogens is 343 g/mol. The van der Waals surface area contributed by atoms with Crippen LogP contribution in [0.4, 0.5) is 18.0 Å². The summed E-state index contributed by atoms with van der Waals surface area (Å²) in [6, 6.07) is 1.06. The number of hydroxylamine groups is 2. The van der Waals surface area contributed by atoms with Crippen LogP contribution in [0.5, 0.6) is 5.75 Å². The molecule has 1 heterocycles. The zero-order valence-corrected chi connectivity index (χ0v) is 14.3. The molecule has 2 amide bonds. The van der Waals surface area contributed by atoms with Gasteiger partial charge in [-0.1, -0.05) is 0 Å². The molecule has 0 unspecified atom stereocenters. The van der Waals surface area contributed by atoms with E-state index in [1.54, 1.807) is 13.8 Å². The van der Waals surface area contributed by atoms with E-state index < -0.39 is 29.4 Å². The highest BCUT2D eigenvalue weighted by Crippen LogP contribution is 2.29. The zero-order valence-electron chi connectivity index (χ0n) is 14.3. The fourth-order valence-electron chi connectivity index (χ4n) is 1.69. The molecule has 0 bridgehead atoms. The molecule has 0 aliphatic heterocycles. The Kier molecular flexibility index (Phi) is 6.60. The van der Waals surface area contributed by atoms with Crippen molar-refractivity contribution in [3.63, 3.8) is 0 Å². The predicted molar refractivity (Wildman–Crippen MR) is 81.5 cm³/mol. The van der Waals surface area contributed by atoms with E-state index in [4.69, 9.17) is 9.57 Å². The predicted octanol–water partition coefficient (Wildman–Crippen LogP) is 2.77. The van der Waals surface area contributed by atoms with Gasteiger partial charge in [0.25, 0.3) is 0 Å². The second kappa shape index (κ2) is 8.04. The second-order valence-corrected chi connectivity index (χ2v) is 5.44. The van der Waals surface area contributed by atoms with Crippen LogP contribution in [0.15, 0.2) is 18.3 Å². The molecule has 25 heavy (non-hydrogen) atoms. The van der Waals surface area contributed by atoms with E-state index in [2.05, 4.69) is 10.3 Å². The van der Waals surface area contributed by atoms with Gasteiger partial charge in [0, 0.05) is 18.3 Å². The van der Waals surface area contributed by atoms with Gasteiger partial charge in [-0.25, -0.2) is 9.59 Å². The van der Waals surface area contributed by atoms with Gasteiger partial charge < -0.3 is 14.9 Å². The molecule has 1 aromatic heterocycles. The van der Waals surface area contributed by atoms with Gasteiger partial charge in [-0.2, -0.15) is 18.2 Å². The van der Waals surface area contributed by atoms with Crippen molar-refractivity contribution in [2.45, 2.75) is 39.4 Å². The quantitative estimate of drug-likeness (QED) is 0.621. The number of halogens is 3. The zero-order chi connectivity index (χ0) is 19.3. The largest absolute Gasteiger partial charge is 0.464 e. The molecule has 0 saturated heterocycles. The van der Waals surface area contributed by atoms with Crippen LogP contribution < -0.4 is 10.2 Å². The van der Waals surface area contributed by atoms with Gasteiger partial charge in [0.2, 0.25) is 0 Å². The number of nitrogens with zero attached hydrogens (tertiary/aromatic N) is 2. The number of hydrogen-bond donors (Lipinski definition) is 1. The molecule has 0 radical (unpaired) electrons. The van der Waals surface area contributed by atoms with Crippen LogP contribution in [0.3, 0.4) is 0 Å². The number of ether oxygens (including phenoxy) is 1. The number of pyridine rings is 1. The van der Waals surface area contributed by atoms with Crippen LogP contribution in [0, 0.1) is 0 Å². The molecule has 7 nitrogen and oxygen atoms in total. The highest BCUT2D eigenvalue weighted by atomic mass is 19.4. The Labute approximate surface area is 143 Å². The first-order valence-corrected chi connectivity index (χ1v) is 7.49. The van der Waals surface area contributed by atoms with E-state index in [9.17, 15) is 22.8 Å². The Balaban J connectivity index is 2.86. The van der Waals surface area contributed by atoms with Crippen molar-refractivity contribution >= 4 is 12.0 Å². The molecular formula is C15H20F3N3O4. The van der Waals surface area contributed by atoms with Crippen LogP contribution in [-0.2, 0) is 15.7 Å². The summed E-state index contributed by atoms with van der Waals surface area (Å²) in [5.41, 5.74) is -2.48. The third kappa shape index (κ3) is 5.80. The molecule has 0 atom stereocenters. The highest BCUT2D eigenvalue weighted by molar-refractivity contribution is 5.86. The topological polar surface area (TPSA) is 80.8 Å². The number of carbonyl (C=O) groups excluding carboxylic acids is 2. The van der Waals surface area contributed by atoms with E-state index in [0.29, 0.717) is 6.07 Å². The summed E-state index contributed by atoms with van der Waals surface area (Å²) in [6.45, 7) is 6.22. The van der Waals surface area contributed by atoms with Gasteiger partial charge in [0.15, 0.2) is 5.75 Å². The lowest BCUT2D eigenvalue weighted by atomic mass is 10.1. The van der Waals surface area contributed by atoms with Crippen molar-refractivity contribution in [1.82, 2.24) is 15.4 Å². The van der Waals surface area contributed by atoms with Gasteiger partial charge in [-0.3, -0.25) is 4.98 Å². The standard InChI is InChI=1S/C15H20F3N3O4/c1-5-21(13(23)20-14(3,4)12(22)24-6-2)25-10-7-8-19-11(9-10)15(16,17)18/h7-9H,5-6H2,1-4H3,(H,20,23). The minimum atomic E-state index is -4.63. The van der Waals surface area contributed by atoms with E-state index >= 15 is 0 Å². The third-order valence-corrected chi connectivity index (χ3v) is 2.96. The van der Waals surface area contributed by atoms with Crippen molar-refractivity contribution < 1.29 is 32.3 Å². The van der Waals surface area contributed by atoms with E-state index in [0.717, 1.165) is 11.3 Å².